The molecule has 0 spiro atoms. The van der Waals surface area contributed by atoms with E-state index in [1.165, 1.54) is 6.92 Å². The fraction of sp³-hybridized carbons (Fsp3) is 0.420. The van der Waals surface area contributed by atoms with E-state index in [9.17, 15) is 48.9 Å². The Hall–Kier alpha value is -9.23. The monoisotopic (exact) mass is 1440 g/mol. The third-order valence-electron chi connectivity index (χ3n) is 18.0. The van der Waals surface area contributed by atoms with E-state index < -0.39 is 91.3 Å². The average Bonchev–Trinajstić information content (AvgIpc) is 0.799. The van der Waals surface area contributed by atoms with Crippen molar-refractivity contribution in [3.8, 4) is 0 Å². The number of hydrogen-bond donors (Lipinski definition) is 5. The number of carbonyl (C=O) groups excluding carboxylic acids is 7. The van der Waals surface area contributed by atoms with Crippen molar-refractivity contribution in [2.24, 2.45) is 11.8 Å². The smallest absolute Gasteiger partial charge is 0.315 e. The van der Waals surface area contributed by atoms with Gasteiger partial charge in [-0.2, -0.15) is 0 Å². The quantitative estimate of drug-likeness (QED) is 0.00911. The first-order valence-corrected chi connectivity index (χ1v) is 37.2. The molecule has 12 atom stereocenters. The lowest BCUT2D eigenvalue weighted by Gasteiger charge is -2.44. The first kappa shape index (κ1) is 86.4. The third-order valence-corrected chi connectivity index (χ3v) is 18.0. The molecule has 6 unspecified atom stereocenters. The van der Waals surface area contributed by atoms with E-state index in [0.29, 0.717) is 59.1 Å². The number of esters is 3. The lowest BCUT2D eigenvalue weighted by molar-refractivity contribution is -0.264. The summed E-state index contributed by atoms with van der Waals surface area (Å²) < 4.78 is 28.7. The number of nitrogens with one attached hydrogen (secondary N) is 2. The molecule has 2 aliphatic heterocycles. The maximum absolute atomic E-state index is 13.6. The van der Waals surface area contributed by atoms with Gasteiger partial charge in [-0.3, -0.25) is 33.6 Å². The second kappa shape index (κ2) is 50.3. The summed E-state index contributed by atoms with van der Waals surface area (Å²) in [5.41, 5.74) is 3.07. The summed E-state index contributed by atoms with van der Waals surface area (Å²) in [5.74, 6) is -4.47. The molecular weight excluding hydrogens is 1320 g/mol. The first-order valence-electron chi connectivity index (χ1n) is 37.2. The minimum Gasteiger partial charge on any atom is -0.463 e. The Morgan fingerprint density at radius 2 is 0.800 bits per heavy atom. The Kier molecular flexibility index (Phi) is 41.4. The lowest BCUT2D eigenvalue weighted by Crippen LogP contribution is -2.65. The van der Waals surface area contributed by atoms with Crippen molar-refractivity contribution in [2.45, 2.75) is 212 Å². The Morgan fingerprint density at radius 1 is 0.448 bits per heavy atom. The van der Waals surface area contributed by atoms with Crippen LogP contribution >= 0.6 is 0 Å². The van der Waals surface area contributed by atoms with Crippen LogP contribution in [-0.4, -0.2) is 119 Å². The molecule has 0 bridgehead atoms. The van der Waals surface area contributed by atoms with Crippen molar-refractivity contribution in [3.05, 3.63) is 264 Å². The molecule has 6 rings (SSSR count). The predicted molar refractivity (Wildman–Crippen MR) is 414 cm³/mol. The van der Waals surface area contributed by atoms with Crippen LogP contribution in [-0.2, 0) is 47.7 Å². The summed E-state index contributed by atoms with van der Waals surface area (Å²) in [6.45, 7) is 12.2. The number of benzene rings is 4. The molecule has 2 aliphatic rings. The van der Waals surface area contributed by atoms with Gasteiger partial charge in [-0.05, 0) is 139 Å². The maximum Gasteiger partial charge on any atom is 0.315 e. The highest BCUT2D eigenvalue weighted by Crippen LogP contribution is 2.34. The molecule has 0 aromatic heterocycles. The average molecular weight is 1440 g/mol. The van der Waals surface area contributed by atoms with Gasteiger partial charge in [0.2, 0.25) is 24.4 Å². The Morgan fingerprint density at radius 3 is 1.18 bits per heavy atom. The summed E-state index contributed by atoms with van der Waals surface area (Å²) in [5, 5.41) is 36.8. The number of rotatable bonds is 41. The second-order valence-electron chi connectivity index (χ2n) is 26.1. The lowest BCUT2D eigenvalue weighted by atomic mass is 9.82. The molecule has 2 heterocycles. The number of amides is 2. The molecule has 17 heteroatoms. The van der Waals surface area contributed by atoms with Crippen molar-refractivity contribution < 1.29 is 72.6 Å². The number of unbranched alkanes of at least 4 members (excludes halogenated alkanes) is 2. The van der Waals surface area contributed by atoms with Crippen LogP contribution in [0.3, 0.4) is 0 Å². The summed E-state index contributed by atoms with van der Waals surface area (Å²) in [6, 6.07) is 29.5. The summed E-state index contributed by atoms with van der Waals surface area (Å²) >= 11 is 0. The number of allylic oxidation sites excluding steroid dienone is 20. The molecular formula is C88H112N2O15. The van der Waals surface area contributed by atoms with Crippen molar-refractivity contribution in [1.29, 1.82) is 0 Å². The Balaban J connectivity index is 0.000000378. The minimum atomic E-state index is -1.56. The standard InChI is InChI=1S/C46H59NO7.C42H53NO8/c1-6-7-8-9-10-11-12-13-14-15-16-17-18-19-20-21-25-31-42(49)47-43-35(3)34(2)41(33-52-37(5)48)53-46(43)54-45(51)36(4)39-29-26-30-40(32-39)44(50)38-27-23-22-24-28-38;1-3-4-5-6-7-8-9-10-11-12-13-14-15-16-17-18-22-28-36(45)43-37-40(48)39(47)35(30-44)50-42(37)51-41(49)31(2)33-26-23-27-34(29-33)38(46)32-24-20-19-21-25-32/h7-8,10-11,13-14,16-17,19-20,22-24,26-30,32,34-36,41,43,46H,6,9,12,15,18,21,25,31,33H2,1-5H3,(H,47,49);4-5,7-8,10-11,13-14,16-17,19-21,23-27,29,31,35,37,39-40,42,44,47-48H,3,6,9,12,15,18,22,28,30H2,1-2H3,(H,43,45)/b8-7-,11-10-,14-13-,17-16-,20-19-;5-4-,8-7-,11-10-,14-13-,17-16-/t34-,35-,36?,41?,43?,46-;31?,35?,37?,39-,40-,42+/m01/s1. The molecule has 2 amide bonds. The maximum atomic E-state index is 13.6. The van der Waals surface area contributed by atoms with E-state index in [-0.39, 0.29) is 42.3 Å². The zero-order chi connectivity index (χ0) is 76.0. The van der Waals surface area contributed by atoms with Crippen LogP contribution < -0.4 is 10.6 Å². The van der Waals surface area contributed by atoms with Gasteiger partial charge in [-0.25, -0.2) is 0 Å². The molecule has 4 aromatic rings. The number of hydrogen-bond acceptors (Lipinski definition) is 15. The van der Waals surface area contributed by atoms with Crippen molar-refractivity contribution in [3.63, 3.8) is 0 Å². The van der Waals surface area contributed by atoms with Gasteiger partial charge in [0.05, 0.1) is 30.6 Å². The summed E-state index contributed by atoms with van der Waals surface area (Å²) in [6.07, 6.45) is 47.9. The highest BCUT2D eigenvalue weighted by atomic mass is 16.7. The van der Waals surface area contributed by atoms with E-state index in [1.807, 2.05) is 38.1 Å². The summed E-state index contributed by atoms with van der Waals surface area (Å²) in [4.78, 5) is 90.5. The molecule has 5 N–H and O–H groups in total. The third kappa shape index (κ3) is 32.0. The van der Waals surface area contributed by atoms with Gasteiger partial charge in [0.1, 0.15) is 31.0 Å². The Bertz CT molecular complexity index is 3600. The fourth-order valence-corrected chi connectivity index (χ4v) is 11.5. The Labute approximate surface area is 622 Å². The van der Waals surface area contributed by atoms with Gasteiger partial charge in [-0.15, -0.1) is 0 Å². The van der Waals surface area contributed by atoms with Crippen LogP contribution in [0.15, 0.2) is 231 Å². The van der Waals surface area contributed by atoms with Gasteiger partial charge in [0, 0.05) is 42.0 Å². The zero-order valence-corrected chi connectivity index (χ0v) is 62.3. The number of carbonyl (C=O) groups is 7. The second-order valence-corrected chi connectivity index (χ2v) is 26.1. The molecule has 0 radical (unpaired) electrons. The van der Waals surface area contributed by atoms with Gasteiger partial charge in [0.15, 0.2) is 11.6 Å². The zero-order valence-electron chi connectivity index (χ0n) is 62.3. The van der Waals surface area contributed by atoms with Gasteiger partial charge in [0.25, 0.3) is 0 Å². The van der Waals surface area contributed by atoms with Gasteiger partial charge >= 0.3 is 17.9 Å². The van der Waals surface area contributed by atoms with Gasteiger partial charge < -0.3 is 49.6 Å². The SMILES string of the molecule is CC/C=C\C/C=C\C/C=C\C/C=C\C/C=C\CCCC(=O)NC1[C@H](OC(=O)C(C)c2cccc(C(=O)c3ccccc3)c2)OC(CO)[C@@H](O)[C@@H]1O.CC/C=C\C/C=C\C/C=C\C/C=C\C/C=C\CCCC(=O)NC1[C@H](OC(=O)C(C)c2cccc(C(=O)c3ccccc3)c2)OC(COC(C)=O)[C@@H](C)[C@@H]1C. The van der Waals surface area contributed by atoms with E-state index >= 15 is 0 Å². The van der Waals surface area contributed by atoms with E-state index in [4.69, 9.17) is 23.7 Å². The molecule has 0 aliphatic carbocycles. The highest BCUT2D eigenvalue weighted by Gasteiger charge is 2.48. The van der Waals surface area contributed by atoms with E-state index in [1.54, 1.807) is 111 Å². The molecule has 0 saturated carbocycles. The number of aliphatic hydroxyl groups excluding tert-OH is 3. The largest absolute Gasteiger partial charge is 0.463 e. The topological polar surface area (TPSA) is 250 Å². The molecule has 105 heavy (non-hydrogen) atoms. The van der Waals surface area contributed by atoms with Crippen LogP contribution in [0.4, 0.5) is 0 Å². The molecule has 2 saturated heterocycles. The first-order chi connectivity index (χ1) is 50.9. The van der Waals surface area contributed by atoms with Crippen molar-refractivity contribution in [1.82, 2.24) is 10.6 Å². The van der Waals surface area contributed by atoms with Crippen LogP contribution in [0.1, 0.15) is 206 Å². The van der Waals surface area contributed by atoms with Crippen molar-refractivity contribution in [2.75, 3.05) is 13.2 Å². The number of aliphatic hydroxyl groups is 3. The normalized spacial score (nSPS) is 21.3. The van der Waals surface area contributed by atoms with Gasteiger partial charge in [-0.1, -0.05) is 246 Å². The molecule has 17 nitrogen and oxygen atoms in total. The predicted octanol–water partition coefficient (Wildman–Crippen LogP) is 15.9. The van der Waals surface area contributed by atoms with Crippen LogP contribution in [0.25, 0.3) is 0 Å². The summed E-state index contributed by atoms with van der Waals surface area (Å²) in [7, 11) is 0. The minimum absolute atomic E-state index is 0.00199. The van der Waals surface area contributed by atoms with Crippen LogP contribution in [0.5, 0.6) is 0 Å². The number of ether oxygens (including phenoxy) is 5. The molecule has 2 fully saturated rings. The molecule has 564 valence electrons. The van der Waals surface area contributed by atoms with E-state index in [0.717, 1.165) is 70.6 Å². The fourth-order valence-electron chi connectivity index (χ4n) is 11.5. The van der Waals surface area contributed by atoms with Crippen LogP contribution in [0.2, 0.25) is 0 Å². The number of ketones is 2. The van der Waals surface area contributed by atoms with Crippen LogP contribution in [0, 0.1) is 11.8 Å². The molecule has 4 aromatic carbocycles. The van der Waals surface area contributed by atoms with E-state index in [2.05, 4.69) is 134 Å². The highest BCUT2D eigenvalue weighted by molar-refractivity contribution is 6.09. The van der Waals surface area contributed by atoms with Crippen molar-refractivity contribution >= 4 is 41.3 Å².